The molecule has 0 aliphatic heterocycles. The first-order valence-corrected chi connectivity index (χ1v) is 5.67. The van der Waals surface area contributed by atoms with Gasteiger partial charge < -0.3 is 0 Å². The van der Waals surface area contributed by atoms with Crippen molar-refractivity contribution in [3.63, 3.8) is 0 Å². The number of carbonyl (C=O) groups is 1. The van der Waals surface area contributed by atoms with Crippen LogP contribution in [0.2, 0.25) is 0 Å². The lowest BCUT2D eigenvalue weighted by molar-refractivity contribution is -0.143. The Balaban J connectivity index is 2.70. The van der Waals surface area contributed by atoms with Gasteiger partial charge in [0.05, 0.1) is 17.4 Å². The van der Waals surface area contributed by atoms with Gasteiger partial charge in [0, 0.05) is 0 Å². The lowest BCUT2D eigenvalue weighted by Crippen LogP contribution is -2.16. The molecule has 19 heavy (non-hydrogen) atoms. The lowest BCUT2D eigenvalue weighted by Gasteiger charge is -2.13. The van der Waals surface area contributed by atoms with Crippen molar-refractivity contribution in [2.75, 3.05) is 0 Å². The highest BCUT2D eigenvalue weighted by Gasteiger charge is 2.38. The maximum Gasteiger partial charge on any atom is 0.434 e. The second-order valence-corrected chi connectivity index (χ2v) is 3.96. The number of hydrogen-bond acceptors (Lipinski definition) is 2. The van der Waals surface area contributed by atoms with E-state index in [1.807, 2.05) is 6.92 Å². The van der Waals surface area contributed by atoms with Crippen molar-refractivity contribution in [2.24, 2.45) is 0 Å². The summed E-state index contributed by atoms with van der Waals surface area (Å²) in [5.74, 6) is 0. The second-order valence-electron chi connectivity index (χ2n) is 3.96. The van der Waals surface area contributed by atoms with Crippen molar-refractivity contribution in [3.05, 3.63) is 47.3 Å². The van der Waals surface area contributed by atoms with Gasteiger partial charge >= 0.3 is 6.18 Å². The summed E-state index contributed by atoms with van der Waals surface area (Å²) in [6.45, 7) is 1.84. The van der Waals surface area contributed by atoms with Crippen molar-refractivity contribution in [1.82, 2.24) is 9.78 Å². The number of aldehydes is 1. The molecule has 0 aliphatic rings. The first-order chi connectivity index (χ1) is 8.99. The molecule has 100 valence electrons. The first kappa shape index (κ1) is 13.3. The molecule has 0 spiro atoms. The summed E-state index contributed by atoms with van der Waals surface area (Å²) >= 11 is 0. The minimum atomic E-state index is -4.63. The Kier molecular flexibility index (Phi) is 3.42. The monoisotopic (exact) mass is 268 g/mol. The minimum Gasteiger partial charge on any atom is -0.298 e. The molecule has 1 heterocycles. The number of carbonyl (C=O) groups excluding carboxylic acids is 1. The SMILES string of the molecule is CCc1ccccc1-n1ncc(C=O)c1C(F)(F)F. The number of aromatic nitrogens is 2. The summed E-state index contributed by atoms with van der Waals surface area (Å²) in [6, 6.07) is 6.67. The van der Waals surface area contributed by atoms with Gasteiger partial charge in [0.1, 0.15) is 0 Å². The fraction of sp³-hybridized carbons (Fsp3) is 0.231. The van der Waals surface area contributed by atoms with Gasteiger partial charge in [-0.1, -0.05) is 25.1 Å². The number of aryl methyl sites for hydroxylation is 1. The number of halogens is 3. The molecule has 1 aromatic carbocycles. The predicted molar refractivity (Wildman–Crippen MR) is 63.3 cm³/mol. The van der Waals surface area contributed by atoms with E-state index in [0.717, 1.165) is 16.4 Å². The van der Waals surface area contributed by atoms with Crippen LogP contribution >= 0.6 is 0 Å². The molecule has 0 bridgehead atoms. The van der Waals surface area contributed by atoms with Crippen molar-refractivity contribution in [3.8, 4) is 5.69 Å². The summed E-state index contributed by atoms with van der Waals surface area (Å²) < 4.78 is 39.9. The van der Waals surface area contributed by atoms with Crippen LogP contribution in [-0.2, 0) is 12.6 Å². The minimum absolute atomic E-state index is 0.168. The molecule has 1 aromatic heterocycles. The van der Waals surface area contributed by atoms with Gasteiger partial charge in [0.2, 0.25) is 0 Å². The molecule has 3 nitrogen and oxygen atoms in total. The largest absolute Gasteiger partial charge is 0.434 e. The Morgan fingerprint density at radius 1 is 1.32 bits per heavy atom. The van der Waals surface area contributed by atoms with Crippen LogP contribution in [0.5, 0.6) is 0 Å². The van der Waals surface area contributed by atoms with E-state index in [1.54, 1.807) is 24.3 Å². The number of alkyl halides is 3. The number of para-hydroxylation sites is 1. The zero-order valence-corrected chi connectivity index (χ0v) is 10.1. The molecule has 0 saturated carbocycles. The number of hydrogen-bond donors (Lipinski definition) is 0. The van der Waals surface area contributed by atoms with Crippen LogP contribution in [0.25, 0.3) is 5.69 Å². The molecule has 2 aromatic rings. The van der Waals surface area contributed by atoms with Crippen LogP contribution < -0.4 is 0 Å². The van der Waals surface area contributed by atoms with E-state index in [0.29, 0.717) is 12.1 Å². The molecule has 0 amide bonds. The van der Waals surface area contributed by atoms with E-state index < -0.39 is 17.4 Å². The predicted octanol–water partition coefficient (Wildman–Crippen LogP) is 3.27. The summed E-state index contributed by atoms with van der Waals surface area (Å²) in [7, 11) is 0. The zero-order valence-electron chi connectivity index (χ0n) is 10.1. The number of rotatable bonds is 3. The van der Waals surface area contributed by atoms with Crippen LogP contribution in [0.4, 0.5) is 13.2 Å². The molecule has 0 unspecified atom stereocenters. The van der Waals surface area contributed by atoms with Gasteiger partial charge in [0.15, 0.2) is 12.0 Å². The molecule has 0 fully saturated rings. The molecule has 0 aliphatic carbocycles. The Hall–Kier alpha value is -2.11. The van der Waals surface area contributed by atoms with Gasteiger partial charge in [-0.2, -0.15) is 18.3 Å². The van der Waals surface area contributed by atoms with E-state index in [2.05, 4.69) is 5.10 Å². The average Bonchev–Trinajstić information content (AvgIpc) is 2.82. The van der Waals surface area contributed by atoms with Crippen molar-refractivity contribution >= 4 is 6.29 Å². The fourth-order valence-corrected chi connectivity index (χ4v) is 1.93. The topological polar surface area (TPSA) is 34.9 Å². The summed E-state index contributed by atoms with van der Waals surface area (Å²) in [5.41, 5.74) is -0.430. The Labute approximate surface area is 107 Å². The molecular weight excluding hydrogens is 257 g/mol. The molecule has 0 radical (unpaired) electrons. The van der Waals surface area contributed by atoms with Crippen molar-refractivity contribution in [1.29, 1.82) is 0 Å². The summed E-state index contributed by atoms with van der Waals surface area (Å²) in [5, 5.41) is 3.70. The Bertz CT molecular complexity index is 602. The third-order valence-electron chi connectivity index (χ3n) is 2.79. The number of benzene rings is 1. The maximum atomic E-state index is 13.0. The Morgan fingerprint density at radius 3 is 2.58 bits per heavy atom. The fourth-order valence-electron chi connectivity index (χ4n) is 1.93. The summed E-state index contributed by atoms with van der Waals surface area (Å²) in [6.07, 6.45) is -2.96. The van der Waals surface area contributed by atoms with Crippen molar-refractivity contribution < 1.29 is 18.0 Å². The molecule has 0 N–H and O–H groups in total. The van der Waals surface area contributed by atoms with E-state index in [1.165, 1.54) is 0 Å². The normalized spacial score (nSPS) is 11.6. The van der Waals surface area contributed by atoms with E-state index >= 15 is 0 Å². The van der Waals surface area contributed by atoms with Crippen LogP contribution in [0.1, 0.15) is 28.5 Å². The maximum absolute atomic E-state index is 13.0. The van der Waals surface area contributed by atoms with Crippen LogP contribution in [-0.4, -0.2) is 16.1 Å². The molecule has 0 saturated heterocycles. The second kappa shape index (κ2) is 4.87. The highest BCUT2D eigenvalue weighted by atomic mass is 19.4. The third kappa shape index (κ3) is 2.38. The zero-order chi connectivity index (χ0) is 14.0. The quantitative estimate of drug-likeness (QED) is 0.801. The van der Waals surface area contributed by atoms with E-state index in [9.17, 15) is 18.0 Å². The molecule has 6 heteroatoms. The van der Waals surface area contributed by atoms with Gasteiger partial charge in [-0.3, -0.25) is 4.79 Å². The average molecular weight is 268 g/mol. The van der Waals surface area contributed by atoms with E-state index in [-0.39, 0.29) is 6.29 Å². The van der Waals surface area contributed by atoms with Crippen LogP contribution in [0, 0.1) is 0 Å². The Morgan fingerprint density at radius 2 is 2.00 bits per heavy atom. The van der Waals surface area contributed by atoms with Gasteiger partial charge in [-0.15, -0.1) is 0 Å². The molecular formula is C13H11F3N2O. The van der Waals surface area contributed by atoms with Crippen LogP contribution in [0.3, 0.4) is 0 Å². The molecule has 0 atom stereocenters. The molecule has 2 rings (SSSR count). The number of nitrogens with zero attached hydrogens (tertiary/aromatic N) is 2. The van der Waals surface area contributed by atoms with Crippen molar-refractivity contribution in [2.45, 2.75) is 19.5 Å². The summed E-state index contributed by atoms with van der Waals surface area (Å²) in [4.78, 5) is 10.7. The van der Waals surface area contributed by atoms with Gasteiger partial charge in [-0.05, 0) is 18.1 Å². The van der Waals surface area contributed by atoms with Gasteiger partial charge in [-0.25, -0.2) is 4.68 Å². The van der Waals surface area contributed by atoms with E-state index in [4.69, 9.17) is 0 Å². The first-order valence-electron chi connectivity index (χ1n) is 5.67. The standard InChI is InChI=1S/C13H11F3N2O/c1-2-9-5-3-4-6-11(9)18-12(13(14,15)16)10(8-19)7-17-18/h3-8H,2H2,1H3. The lowest BCUT2D eigenvalue weighted by atomic mass is 10.1. The highest BCUT2D eigenvalue weighted by Crippen LogP contribution is 2.33. The highest BCUT2D eigenvalue weighted by molar-refractivity contribution is 5.76. The smallest absolute Gasteiger partial charge is 0.298 e. The van der Waals surface area contributed by atoms with Gasteiger partial charge in [0.25, 0.3) is 0 Å². The van der Waals surface area contributed by atoms with Crippen LogP contribution in [0.15, 0.2) is 30.5 Å². The third-order valence-corrected chi connectivity index (χ3v) is 2.79.